The highest BCUT2D eigenvalue weighted by atomic mass is 32.2. The highest BCUT2D eigenvalue weighted by Gasteiger charge is 2.22. The lowest BCUT2D eigenvalue weighted by Crippen LogP contribution is -2.45. The van der Waals surface area contributed by atoms with Gasteiger partial charge in [-0.15, -0.1) is 4.83 Å². The van der Waals surface area contributed by atoms with Gasteiger partial charge in [0, 0.05) is 18.8 Å². The molecule has 0 bridgehead atoms. The third kappa shape index (κ3) is 3.26. The van der Waals surface area contributed by atoms with E-state index in [1.165, 1.54) is 0 Å². The van der Waals surface area contributed by atoms with Crippen LogP contribution in [-0.2, 0) is 10.0 Å². The summed E-state index contributed by atoms with van der Waals surface area (Å²) in [6.07, 6.45) is 3.21. The summed E-state index contributed by atoms with van der Waals surface area (Å²) < 4.78 is 24.8. The molecule has 1 heterocycles. The molecule has 1 fully saturated rings. The summed E-state index contributed by atoms with van der Waals surface area (Å²) in [6.45, 7) is 5.11. The average Bonchev–Trinajstić information content (AvgIpc) is 2.34. The van der Waals surface area contributed by atoms with Crippen LogP contribution >= 0.6 is 0 Å². The van der Waals surface area contributed by atoms with E-state index in [1.807, 2.05) is 6.92 Å². The van der Waals surface area contributed by atoms with Crippen LogP contribution in [0, 0.1) is 13.8 Å². The van der Waals surface area contributed by atoms with Gasteiger partial charge >= 0.3 is 0 Å². The Morgan fingerprint density at radius 1 is 1.16 bits per heavy atom. The first-order valence-electron chi connectivity index (χ1n) is 6.54. The van der Waals surface area contributed by atoms with Crippen molar-refractivity contribution in [2.75, 3.05) is 18.8 Å². The molecule has 1 aromatic rings. The summed E-state index contributed by atoms with van der Waals surface area (Å²) >= 11 is 0. The lowest BCUT2D eigenvalue weighted by Gasteiger charge is -2.27. The van der Waals surface area contributed by atoms with E-state index in [0.717, 1.165) is 37.9 Å². The molecule has 0 amide bonds. The molecular formula is C13H21N3O2S. The van der Waals surface area contributed by atoms with Crippen LogP contribution in [0.2, 0.25) is 0 Å². The summed E-state index contributed by atoms with van der Waals surface area (Å²) in [4.78, 5) is 2.93. The normalized spacial score (nSPS) is 17.6. The summed E-state index contributed by atoms with van der Waals surface area (Å²) in [5.41, 5.74) is 7.81. The minimum absolute atomic E-state index is 0.274. The number of hydrogen-bond acceptors (Lipinski definition) is 4. The summed E-state index contributed by atoms with van der Waals surface area (Å²) in [5, 5.41) is 1.77. The van der Waals surface area contributed by atoms with Gasteiger partial charge in [-0.3, -0.25) is 0 Å². The highest BCUT2D eigenvalue weighted by molar-refractivity contribution is 7.89. The van der Waals surface area contributed by atoms with Gasteiger partial charge in [0.05, 0.1) is 4.90 Å². The maximum Gasteiger partial charge on any atom is 0.253 e. The van der Waals surface area contributed by atoms with Gasteiger partial charge in [0.2, 0.25) is 0 Å². The van der Waals surface area contributed by atoms with Gasteiger partial charge in [-0.1, -0.05) is 6.42 Å². The number of benzene rings is 1. The van der Waals surface area contributed by atoms with Crippen molar-refractivity contribution in [3.05, 3.63) is 23.3 Å². The third-order valence-electron chi connectivity index (χ3n) is 3.44. The fourth-order valence-electron chi connectivity index (χ4n) is 2.34. The van der Waals surface area contributed by atoms with Crippen LogP contribution in [-0.4, -0.2) is 26.5 Å². The van der Waals surface area contributed by atoms with Crippen molar-refractivity contribution in [1.82, 2.24) is 9.84 Å². The molecule has 1 saturated heterocycles. The zero-order valence-corrected chi connectivity index (χ0v) is 12.3. The fourth-order valence-corrected chi connectivity index (χ4v) is 3.82. The zero-order valence-electron chi connectivity index (χ0n) is 11.4. The fraction of sp³-hybridized carbons (Fsp3) is 0.538. The second-order valence-corrected chi connectivity index (χ2v) is 6.75. The van der Waals surface area contributed by atoms with Crippen LogP contribution < -0.4 is 10.6 Å². The van der Waals surface area contributed by atoms with Crippen LogP contribution in [0.25, 0.3) is 0 Å². The molecule has 0 aromatic heterocycles. The van der Waals surface area contributed by atoms with Crippen molar-refractivity contribution in [2.24, 2.45) is 0 Å². The molecule has 106 valence electrons. The molecule has 1 aliphatic heterocycles. The van der Waals surface area contributed by atoms with E-state index in [2.05, 4.69) is 4.83 Å². The predicted molar refractivity (Wildman–Crippen MR) is 76.1 cm³/mol. The molecule has 19 heavy (non-hydrogen) atoms. The smallest absolute Gasteiger partial charge is 0.253 e. The summed E-state index contributed by atoms with van der Waals surface area (Å²) in [6, 6.07) is 3.45. The molecule has 0 saturated carbocycles. The number of anilines is 1. The van der Waals surface area contributed by atoms with E-state index in [1.54, 1.807) is 24.1 Å². The van der Waals surface area contributed by atoms with E-state index in [4.69, 9.17) is 5.73 Å². The Morgan fingerprint density at radius 2 is 1.79 bits per heavy atom. The molecule has 0 unspecified atom stereocenters. The van der Waals surface area contributed by atoms with Crippen molar-refractivity contribution in [3.8, 4) is 0 Å². The maximum atomic E-state index is 12.4. The number of nitrogens with zero attached hydrogens (tertiary/aromatic N) is 1. The first kappa shape index (κ1) is 14.3. The molecule has 0 atom stereocenters. The Morgan fingerprint density at radius 3 is 2.42 bits per heavy atom. The molecule has 3 N–H and O–H groups in total. The number of nitrogens with one attached hydrogen (secondary N) is 1. The Bertz CT molecular complexity index is 563. The van der Waals surface area contributed by atoms with Gasteiger partial charge < -0.3 is 5.73 Å². The van der Waals surface area contributed by atoms with Crippen LogP contribution in [0.15, 0.2) is 17.0 Å². The molecule has 1 aromatic carbocycles. The van der Waals surface area contributed by atoms with Crippen LogP contribution in [0.1, 0.15) is 30.4 Å². The van der Waals surface area contributed by atoms with Gasteiger partial charge in [-0.2, -0.15) is 0 Å². The molecule has 6 heteroatoms. The average molecular weight is 283 g/mol. The Hall–Kier alpha value is -1.11. The molecule has 0 spiro atoms. The van der Waals surface area contributed by atoms with E-state index in [9.17, 15) is 8.42 Å². The maximum absolute atomic E-state index is 12.4. The first-order valence-corrected chi connectivity index (χ1v) is 8.02. The van der Waals surface area contributed by atoms with Gasteiger partial charge in [0.25, 0.3) is 10.0 Å². The van der Waals surface area contributed by atoms with Gasteiger partial charge in [0.15, 0.2) is 0 Å². The summed E-state index contributed by atoms with van der Waals surface area (Å²) in [7, 11) is -3.54. The largest absolute Gasteiger partial charge is 0.398 e. The van der Waals surface area contributed by atoms with E-state index in [0.29, 0.717) is 11.3 Å². The minimum atomic E-state index is -3.54. The van der Waals surface area contributed by atoms with Crippen molar-refractivity contribution in [1.29, 1.82) is 0 Å². The van der Waals surface area contributed by atoms with Gasteiger partial charge in [0.1, 0.15) is 0 Å². The number of nitrogen functional groups attached to an aromatic ring is 1. The SMILES string of the molecule is Cc1cc(N)c(C)c(S(=O)(=O)NN2CCCCC2)c1. The number of rotatable bonds is 3. The Labute approximate surface area is 114 Å². The van der Waals surface area contributed by atoms with Crippen molar-refractivity contribution in [3.63, 3.8) is 0 Å². The quantitative estimate of drug-likeness (QED) is 0.826. The summed E-state index contributed by atoms with van der Waals surface area (Å²) in [5.74, 6) is 0. The highest BCUT2D eigenvalue weighted by Crippen LogP contribution is 2.23. The van der Waals surface area contributed by atoms with E-state index < -0.39 is 10.0 Å². The molecule has 2 rings (SSSR count). The van der Waals surface area contributed by atoms with Crippen molar-refractivity contribution < 1.29 is 8.42 Å². The van der Waals surface area contributed by atoms with Crippen LogP contribution in [0.3, 0.4) is 0 Å². The van der Waals surface area contributed by atoms with Gasteiger partial charge in [-0.25, -0.2) is 13.4 Å². The van der Waals surface area contributed by atoms with Crippen LogP contribution in [0.4, 0.5) is 5.69 Å². The second-order valence-electron chi connectivity index (χ2n) is 5.12. The lowest BCUT2D eigenvalue weighted by molar-refractivity contribution is 0.200. The molecule has 0 aliphatic carbocycles. The minimum Gasteiger partial charge on any atom is -0.398 e. The second kappa shape index (κ2) is 5.48. The monoisotopic (exact) mass is 283 g/mol. The van der Waals surface area contributed by atoms with Gasteiger partial charge in [-0.05, 0) is 49.9 Å². The van der Waals surface area contributed by atoms with Crippen molar-refractivity contribution in [2.45, 2.75) is 38.0 Å². The Kier molecular flexibility index (Phi) is 4.13. The van der Waals surface area contributed by atoms with Crippen molar-refractivity contribution >= 4 is 15.7 Å². The topological polar surface area (TPSA) is 75.4 Å². The molecule has 0 radical (unpaired) electrons. The number of piperidine rings is 1. The number of aryl methyl sites for hydroxylation is 1. The lowest BCUT2D eigenvalue weighted by atomic mass is 10.1. The molecule has 5 nitrogen and oxygen atoms in total. The van der Waals surface area contributed by atoms with E-state index >= 15 is 0 Å². The third-order valence-corrected chi connectivity index (χ3v) is 4.94. The molecular weight excluding hydrogens is 262 g/mol. The number of sulfonamides is 1. The standard InChI is InChI=1S/C13H21N3O2S/c1-10-8-12(14)11(2)13(9-10)19(17,18)15-16-6-4-3-5-7-16/h8-9,15H,3-7,14H2,1-2H3. The van der Waals surface area contributed by atoms with E-state index in [-0.39, 0.29) is 4.90 Å². The number of hydrazine groups is 1. The molecule has 1 aliphatic rings. The number of hydrogen-bond donors (Lipinski definition) is 2. The number of nitrogens with two attached hydrogens (primary N) is 1. The van der Waals surface area contributed by atoms with Crippen LogP contribution in [0.5, 0.6) is 0 Å². The first-order chi connectivity index (χ1) is 8.90. The zero-order chi connectivity index (χ0) is 14.0. The predicted octanol–water partition coefficient (Wildman–Crippen LogP) is 1.56. The Balaban J connectivity index is 2.28.